The van der Waals surface area contributed by atoms with Crippen molar-refractivity contribution in [3.8, 4) is 5.75 Å². The molecule has 1 atom stereocenters. The molecule has 1 heterocycles. The van der Waals surface area contributed by atoms with E-state index in [4.69, 9.17) is 12.2 Å². The van der Waals surface area contributed by atoms with E-state index in [-0.39, 0.29) is 11.6 Å². The highest BCUT2D eigenvalue weighted by Gasteiger charge is 2.24. The number of halogens is 1. The Morgan fingerprint density at radius 2 is 2.00 bits per heavy atom. The molecule has 2 aromatic rings. The maximum atomic E-state index is 13.4. The average Bonchev–Trinajstić information content (AvgIpc) is 3.14. The van der Waals surface area contributed by atoms with Crippen LogP contribution in [0.3, 0.4) is 0 Å². The Labute approximate surface area is 165 Å². The lowest BCUT2D eigenvalue weighted by Crippen LogP contribution is -2.45. The van der Waals surface area contributed by atoms with Gasteiger partial charge < -0.3 is 15.3 Å². The van der Waals surface area contributed by atoms with Gasteiger partial charge in [-0.25, -0.2) is 4.39 Å². The number of nitrogens with one attached hydrogen (secondary N) is 1. The van der Waals surface area contributed by atoms with Gasteiger partial charge in [-0.15, -0.1) is 0 Å². The molecular weight excluding hydrogens is 361 g/mol. The fraction of sp³-hybridized carbons (Fsp3) is 0.381. The number of benzene rings is 2. The molecule has 0 bridgehead atoms. The third-order valence-corrected chi connectivity index (χ3v) is 5.46. The molecule has 6 heteroatoms. The van der Waals surface area contributed by atoms with Crippen LogP contribution in [0.15, 0.2) is 48.5 Å². The molecule has 4 nitrogen and oxygen atoms in total. The first-order valence-corrected chi connectivity index (χ1v) is 9.81. The van der Waals surface area contributed by atoms with Gasteiger partial charge >= 0.3 is 0 Å². The molecule has 1 unspecified atom stereocenters. The summed E-state index contributed by atoms with van der Waals surface area (Å²) in [4.78, 5) is 4.36. The molecule has 0 amide bonds. The zero-order chi connectivity index (χ0) is 19.2. The predicted octanol–water partition coefficient (Wildman–Crippen LogP) is 3.90. The van der Waals surface area contributed by atoms with Gasteiger partial charge in [-0.1, -0.05) is 25.1 Å². The van der Waals surface area contributed by atoms with Crippen LogP contribution in [0.4, 0.5) is 10.1 Å². The van der Waals surface area contributed by atoms with E-state index in [0.29, 0.717) is 17.7 Å². The molecule has 1 aliphatic heterocycles. The number of anilines is 1. The van der Waals surface area contributed by atoms with E-state index in [1.165, 1.54) is 25.0 Å². The number of aromatic hydroxyl groups is 1. The summed E-state index contributed by atoms with van der Waals surface area (Å²) in [6.45, 7) is 5.55. The number of hydrogen-bond acceptors (Lipinski definition) is 3. The Kier molecular flexibility index (Phi) is 6.63. The van der Waals surface area contributed by atoms with Crippen LogP contribution < -0.4 is 10.2 Å². The Morgan fingerprint density at radius 1 is 1.26 bits per heavy atom. The molecule has 144 valence electrons. The maximum absolute atomic E-state index is 13.4. The van der Waals surface area contributed by atoms with E-state index in [9.17, 15) is 9.50 Å². The number of thiocarbonyl (C=S) groups is 1. The summed E-state index contributed by atoms with van der Waals surface area (Å²) < 4.78 is 13.4. The van der Waals surface area contributed by atoms with Crippen LogP contribution in [0.1, 0.15) is 25.3 Å². The van der Waals surface area contributed by atoms with E-state index >= 15 is 0 Å². The van der Waals surface area contributed by atoms with Crippen molar-refractivity contribution in [3.63, 3.8) is 0 Å². The predicted molar refractivity (Wildman–Crippen MR) is 112 cm³/mol. The number of hydrogen-bond donors (Lipinski definition) is 2. The van der Waals surface area contributed by atoms with Crippen LogP contribution in [0.25, 0.3) is 0 Å². The summed E-state index contributed by atoms with van der Waals surface area (Å²) in [5, 5.41) is 14.1. The maximum Gasteiger partial charge on any atom is 0.173 e. The normalized spacial score (nSPS) is 17.0. The molecule has 0 spiro atoms. The highest BCUT2D eigenvalue weighted by atomic mass is 32.1. The molecule has 0 aromatic heterocycles. The molecule has 0 saturated carbocycles. The van der Waals surface area contributed by atoms with Gasteiger partial charge in [0.05, 0.1) is 6.54 Å². The number of likely N-dealkylation sites (N-methyl/N-ethyl adjacent to an activating group) is 1. The third kappa shape index (κ3) is 4.96. The summed E-state index contributed by atoms with van der Waals surface area (Å²) in [6.07, 6.45) is 2.38. The number of phenols is 1. The zero-order valence-corrected chi connectivity index (χ0v) is 16.4. The third-order valence-electron chi connectivity index (χ3n) is 5.10. The standard InChI is InChI=1S/C21H26FN3OS/c1-2-24-13-5-7-19(24)14-23-21(27)25(18-11-9-17(22)10-12-18)15-16-6-3-4-8-20(16)26/h3-4,6,8-12,19,26H,2,5,7,13-15H2,1H3,(H,23,27). The average molecular weight is 388 g/mol. The summed E-state index contributed by atoms with van der Waals surface area (Å²) in [7, 11) is 0. The minimum absolute atomic E-state index is 0.223. The SMILES string of the molecule is CCN1CCCC1CNC(=S)N(Cc1ccccc1O)c1ccc(F)cc1. The van der Waals surface area contributed by atoms with Gasteiger partial charge in [-0.2, -0.15) is 0 Å². The fourth-order valence-corrected chi connectivity index (χ4v) is 3.81. The number of rotatable bonds is 6. The quantitative estimate of drug-likeness (QED) is 0.736. The van der Waals surface area contributed by atoms with Crippen molar-refractivity contribution in [2.75, 3.05) is 24.5 Å². The number of phenolic OH excluding ortho intramolecular Hbond substituents is 1. The van der Waals surface area contributed by atoms with Crippen LogP contribution in [0, 0.1) is 5.82 Å². The molecule has 1 aliphatic rings. The second-order valence-corrected chi connectivity index (χ2v) is 7.19. The van der Waals surface area contributed by atoms with E-state index in [0.717, 1.165) is 30.9 Å². The fourth-order valence-electron chi connectivity index (χ4n) is 3.56. The van der Waals surface area contributed by atoms with E-state index in [1.807, 2.05) is 17.0 Å². The van der Waals surface area contributed by atoms with Crippen molar-refractivity contribution >= 4 is 23.0 Å². The molecule has 1 saturated heterocycles. The topological polar surface area (TPSA) is 38.7 Å². The van der Waals surface area contributed by atoms with Crippen LogP contribution in [-0.4, -0.2) is 40.8 Å². The lowest BCUT2D eigenvalue weighted by Gasteiger charge is -2.29. The van der Waals surface area contributed by atoms with Crippen LogP contribution in [0.5, 0.6) is 5.75 Å². The molecule has 0 aliphatic carbocycles. The van der Waals surface area contributed by atoms with Crippen LogP contribution in [-0.2, 0) is 6.54 Å². The molecule has 2 aromatic carbocycles. The van der Waals surface area contributed by atoms with E-state index in [2.05, 4.69) is 17.1 Å². The van der Waals surface area contributed by atoms with E-state index in [1.54, 1.807) is 24.3 Å². The Bertz CT molecular complexity index is 768. The van der Waals surface area contributed by atoms with Gasteiger partial charge in [0.25, 0.3) is 0 Å². The number of para-hydroxylation sites is 1. The number of nitrogens with zero attached hydrogens (tertiary/aromatic N) is 2. The summed E-state index contributed by atoms with van der Waals surface area (Å²) in [5.74, 6) is -0.0648. The van der Waals surface area contributed by atoms with Gasteiger partial charge in [0.1, 0.15) is 11.6 Å². The van der Waals surface area contributed by atoms with Crippen molar-refractivity contribution in [1.82, 2.24) is 10.2 Å². The molecule has 27 heavy (non-hydrogen) atoms. The molecule has 3 rings (SSSR count). The summed E-state index contributed by atoms with van der Waals surface area (Å²) in [6, 6.07) is 13.9. The Hall–Kier alpha value is -2.18. The Morgan fingerprint density at radius 3 is 2.70 bits per heavy atom. The van der Waals surface area contributed by atoms with Crippen LogP contribution in [0.2, 0.25) is 0 Å². The second-order valence-electron chi connectivity index (χ2n) is 6.80. The molecule has 2 N–H and O–H groups in total. The van der Waals surface area contributed by atoms with Crippen molar-refractivity contribution in [1.29, 1.82) is 0 Å². The first kappa shape index (κ1) is 19.6. The first-order chi connectivity index (χ1) is 13.1. The van der Waals surface area contributed by atoms with Gasteiger partial charge in [0.15, 0.2) is 5.11 Å². The van der Waals surface area contributed by atoms with Crippen LogP contribution >= 0.6 is 12.2 Å². The molecule has 1 fully saturated rings. The van der Waals surface area contributed by atoms with Crippen molar-refractivity contribution in [2.45, 2.75) is 32.4 Å². The largest absolute Gasteiger partial charge is 0.508 e. The highest BCUT2D eigenvalue weighted by molar-refractivity contribution is 7.80. The summed E-state index contributed by atoms with van der Waals surface area (Å²) >= 11 is 5.66. The van der Waals surface area contributed by atoms with Crippen molar-refractivity contribution < 1.29 is 9.50 Å². The monoisotopic (exact) mass is 387 g/mol. The molecular formula is C21H26FN3OS. The van der Waals surface area contributed by atoms with Gasteiger partial charge in [0.2, 0.25) is 0 Å². The Balaban J connectivity index is 1.75. The lowest BCUT2D eigenvalue weighted by atomic mass is 10.1. The van der Waals surface area contributed by atoms with Crippen molar-refractivity contribution in [2.24, 2.45) is 0 Å². The number of likely N-dealkylation sites (tertiary alicyclic amines) is 1. The van der Waals surface area contributed by atoms with E-state index < -0.39 is 0 Å². The van der Waals surface area contributed by atoms with Gasteiger partial charge in [-0.05, 0) is 68.5 Å². The van der Waals surface area contributed by atoms with Gasteiger partial charge in [0, 0.05) is 23.8 Å². The zero-order valence-electron chi connectivity index (χ0n) is 15.6. The minimum atomic E-state index is -0.287. The van der Waals surface area contributed by atoms with Crippen molar-refractivity contribution in [3.05, 3.63) is 59.9 Å². The summed E-state index contributed by atoms with van der Waals surface area (Å²) in [5.41, 5.74) is 1.55. The smallest absolute Gasteiger partial charge is 0.173 e. The molecule has 0 radical (unpaired) electrons. The van der Waals surface area contributed by atoms with Gasteiger partial charge in [-0.3, -0.25) is 4.90 Å². The minimum Gasteiger partial charge on any atom is -0.508 e. The highest BCUT2D eigenvalue weighted by Crippen LogP contribution is 2.23. The second kappa shape index (κ2) is 9.15. The first-order valence-electron chi connectivity index (χ1n) is 9.40. The lowest BCUT2D eigenvalue weighted by molar-refractivity contribution is 0.267.